The highest BCUT2D eigenvalue weighted by Crippen LogP contribution is 2.43. The van der Waals surface area contributed by atoms with Crippen molar-refractivity contribution in [1.82, 2.24) is 18.9 Å². The molecule has 8 aromatic rings. The summed E-state index contributed by atoms with van der Waals surface area (Å²) >= 11 is 0. The maximum atomic E-state index is 4.76. The molecule has 172 valence electrons. The summed E-state index contributed by atoms with van der Waals surface area (Å²) in [5.74, 6) is 0. The van der Waals surface area contributed by atoms with E-state index in [1.807, 2.05) is 24.8 Å². The van der Waals surface area contributed by atoms with Crippen molar-refractivity contribution in [2.24, 2.45) is 0 Å². The minimum Gasteiger partial charge on any atom is -0.309 e. The molecule has 0 amide bonds. The molecular weight excluding hydrogens is 452 g/mol. The van der Waals surface area contributed by atoms with Crippen LogP contribution in [0.3, 0.4) is 0 Å². The first-order chi connectivity index (χ1) is 18.3. The lowest BCUT2D eigenvalue weighted by atomic mass is 10.0. The van der Waals surface area contributed by atoms with Crippen LogP contribution in [0.2, 0.25) is 0 Å². The van der Waals surface area contributed by atoms with Gasteiger partial charge in [0, 0.05) is 45.8 Å². The van der Waals surface area contributed by atoms with Crippen molar-refractivity contribution in [3.8, 4) is 16.8 Å². The Morgan fingerprint density at radius 2 is 1.43 bits per heavy atom. The highest BCUT2D eigenvalue weighted by Gasteiger charge is 2.23. The molecule has 0 atom stereocenters. The summed E-state index contributed by atoms with van der Waals surface area (Å²) in [5.41, 5.74) is 11.2. The largest absolute Gasteiger partial charge is 0.309 e. The topological polar surface area (TPSA) is 35.1 Å². The molecular formula is C33H20N4. The van der Waals surface area contributed by atoms with Crippen LogP contribution in [-0.4, -0.2) is 18.9 Å². The second-order valence-corrected chi connectivity index (χ2v) is 9.96. The molecule has 4 heteroatoms. The molecule has 0 unspecified atom stereocenters. The summed E-state index contributed by atoms with van der Waals surface area (Å²) in [5, 5.41) is 6.07. The number of hydrogen-bond acceptors (Lipinski definition) is 2. The second-order valence-electron chi connectivity index (χ2n) is 9.96. The number of hydrogen-bond donors (Lipinski definition) is 0. The quantitative estimate of drug-likeness (QED) is 0.229. The van der Waals surface area contributed by atoms with Crippen LogP contribution >= 0.6 is 0 Å². The number of benzene rings is 4. The van der Waals surface area contributed by atoms with E-state index in [1.54, 1.807) is 0 Å². The number of rotatable bonds is 1. The minimum absolute atomic E-state index is 0.964. The predicted octanol–water partition coefficient (Wildman–Crippen LogP) is 7.70. The van der Waals surface area contributed by atoms with Crippen LogP contribution in [0, 0.1) is 0 Å². The highest BCUT2D eigenvalue weighted by molar-refractivity contribution is 6.21. The molecule has 0 spiro atoms. The fraction of sp³-hybridized carbons (Fsp3) is 0.0303. The Morgan fingerprint density at radius 1 is 0.595 bits per heavy atom. The van der Waals surface area contributed by atoms with Gasteiger partial charge in [0.25, 0.3) is 0 Å². The van der Waals surface area contributed by atoms with E-state index in [2.05, 4.69) is 98.9 Å². The number of aromatic nitrogens is 4. The molecule has 4 nitrogen and oxygen atoms in total. The van der Waals surface area contributed by atoms with Crippen LogP contribution in [0.1, 0.15) is 11.1 Å². The van der Waals surface area contributed by atoms with Gasteiger partial charge in [-0.05, 0) is 76.5 Å². The molecule has 0 radical (unpaired) electrons. The predicted molar refractivity (Wildman–Crippen MR) is 151 cm³/mol. The van der Waals surface area contributed by atoms with Crippen molar-refractivity contribution < 1.29 is 0 Å². The lowest BCUT2D eigenvalue weighted by Crippen LogP contribution is -1.95. The summed E-state index contributed by atoms with van der Waals surface area (Å²) in [6, 6.07) is 31.2. The van der Waals surface area contributed by atoms with Crippen molar-refractivity contribution in [1.29, 1.82) is 0 Å². The molecule has 1 aliphatic carbocycles. The molecule has 0 N–H and O–H groups in total. The Bertz CT molecular complexity index is 2220. The van der Waals surface area contributed by atoms with Crippen molar-refractivity contribution in [3.05, 3.63) is 121 Å². The molecule has 4 aromatic carbocycles. The normalized spacial score (nSPS) is 12.8. The maximum Gasteiger partial charge on any atom is 0.145 e. The number of imidazole rings is 1. The van der Waals surface area contributed by atoms with E-state index in [-0.39, 0.29) is 0 Å². The number of para-hydroxylation sites is 1. The average molecular weight is 473 g/mol. The van der Waals surface area contributed by atoms with E-state index in [4.69, 9.17) is 4.98 Å². The summed E-state index contributed by atoms with van der Waals surface area (Å²) < 4.78 is 4.58. The maximum absolute atomic E-state index is 4.76. The molecule has 9 rings (SSSR count). The van der Waals surface area contributed by atoms with Gasteiger partial charge in [0.15, 0.2) is 0 Å². The van der Waals surface area contributed by atoms with Crippen LogP contribution in [0.15, 0.2) is 110 Å². The van der Waals surface area contributed by atoms with Crippen molar-refractivity contribution >= 4 is 49.1 Å². The summed E-state index contributed by atoms with van der Waals surface area (Å²) in [7, 11) is 0. The van der Waals surface area contributed by atoms with Gasteiger partial charge >= 0.3 is 0 Å². The number of pyridine rings is 2. The van der Waals surface area contributed by atoms with Crippen LogP contribution in [0.4, 0.5) is 0 Å². The molecule has 0 bridgehead atoms. The van der Waals surface area contributed by atoms with Gasteiger partial charge in [0.05, 0.1) is 22.7 Å². The average Bonchev–Trinajstić information content (AvgIpc) is 3.66. The monoisotopic (exact) mass is 472 g/mol. The molecule has 4 heterocycles. The molecule has 1 aliphatic rings. The zero-order chi connectivity index (χ0) is 24.1. The molecule has 4 aromatic heterocycles. The highest BCUT2D eigenvalue weighted by atomic mass is 15.0. The third-order valence-corrected chi connectivity index (χ3v) is 8.06. The minimum atomic E-state index is 0.964. The fourth-order valence-electron chi connectivity index (χ4n) is 6.46. The SMILES string of the molecule is c1ccc(-n2c3cc4c(cc3c3cc5c(cc32)c2ccncc2n2ccnc52)Cc2ccccc2-4)cc1. The van der Waals surface area contributed by atoms with Crippen LogP contribution in [0.5, 0.6) is 0 Å². The van der Waals surface area contributed by atoms with E-state index in [1.165, 1.54) is 60.5 Å². The Kier molecular flexibility index (Phi) is 3.55. The van der Waals surface area contributed by atoms with Crippen molar-refractivity contribution in [2.75, 3.05) is 0 Å². The van der Waals surface area contributed by atoms with Gasteiger partial charge in [0.1, 0.15) is 5.65 Å². The van der Waals surface area contributed by atoms with Gasteiger partial charge in [-0.1, -0.05) is 42.5 Å². The van der Waals surface area contributed by atoms with Crippen LogP contribution in [-0.2, 0) is 6.42 Å². The zero-order valence-electron chi connectivity index (χ0n) is 19.9. The lowest BCUT2D eigenvalue weighted by Gasteiger charge is -2.11. The Balaban J connectivity index is 1.50. The van der Waals surface area contributed by atoms with Gasteiger partial charge in [-0.25, -0.2) is 4.98 Å². The van der Waals surface area contributed by atoms with E-state index in [0.29, 0.717) is 0 Å². The smallest absolute Gasteiger partial charge is 0.145 e. The first kappa shape index (κ1) is 19.3. The van der Waals surface area contributed by atoms with Gasteiger partial charge in [-0.15, -0.1) is 0 Å². The summed E-state index contributed by atoms with van der Waals surface area (Å²) in [6.07, 6.45) is 8.70. The second kappa shape index (κ2) is 6.83. The first-order valence-electron chi connectivity index (χ1n) is 12.6. The van der Waals surface area contributed by atoms with E-state index >= 15 is 0 Å². The van der Waals surface area contributed by atoms with Crippen LogP contribution < -0.4 is 0 Å². The fourth-order valence-corrected chi connectivity index (χ4v) is 6.46. The lowest BCUT2D eigenvalue weighted by molar-refractivity contribution is 1.18. The Hall–Kier alpha value is -4.96. The molecule has 0 saturated heterocycles. The third-order valence-electron chi connectivity index (χ3n) is 8.06. The van der Waals surface area contributed by atoms with E-state index in [9.17, 15) is 0 Å². The zero-order valence-corrected chi connectivity index (χ0v) is 19.9. The van der Waals surface area contributed by atoms with Gasteiger partial charge in [-0.3, -0.25) is 9.38 Å². The Labute approximate surface area is 212 Å². The number of fused-ring (bicyclic) bond motifs is 12. The van der Waals surface area contributed by atoms with Gasteiger partial charge in [0.2, 0.25) is 0 Å². The van der Waals surface area contributed by atoms with E-state index < -0.39 is 0 Å². The molecule has 0 saturated carbocycles. The first-order valence-corrected chi connectivity index (χ1v) is 12.6. The third kappa shape index (κ3) is 2.47. The number of nitrogens with zero attached hydrogens (tertiary/aromatic N) is 4. The molecule has 0 fully saturated rings. The van der Waals surface area contributed by atoms with E-state index in [0.717, 1.165) is 23.0 Å². The van der Waals surface area contributed by atoms with Gasteiger partial charge < -0.3 is 4.57 Å². The Morgan fingerprint density at radius 3 is 2.38 bits per heavy atom. The summed E-state index contributed by atoms with van der Waals surface area (Å²) in [6.45, 7) is 0. The van der Waals surface area contributed by atoms with Crippen molar-refractivity contribution in [2.45, 2.75) is 6.42 Å². The molecule has 0 aliphatic heterocycles. The van der Waals surface area contributed by atoms with Gasteiger partial charge in [-0.2, -0.15) is 0 Å². The standard InChI is InChI=1S/C33H20N4/c1-2-7-22(8-3-1)37-30-17-25-21(14-20-6-4-5-9-23(20)25)15-27(30)28-16-29-26(18-31(28)37)24-10-11-34-19-32(24)36-13-12-35-33(29)36/h1-13,15-19H,14H2. The van der Waals surface area contributed by atoms with Crippen LogP contribution in [0.25, 0.3) is 65.9 Å². The summed E-state index contributed by atoms with van der Waals surface area (Å²) in [4.78, 5) is 9.17. The molecule has 37 heavy (non-hydrogen) atoms. The van der Waals surface area contributed by atoms with Crippen molar-refractivity contribution in [3.63, 3.8) is 0 Å².